The molecule has 0 saturated carbocycles. The molecule has 4 heterocycles. The molecule has 0 aromatic heterocycles. The number of aliphatic hydroxyl groups excluding tert-OH is 8. The molecule has 0 amide bonds. The van der Waals surface area contributed by atoms with Gasteiger partial charge < -0.3 is 98.9 Å². The smallest absolute Gasteiger partial charge is 0.387 e. The minimum Gasteiger partial charge on any atom is -0.387 e. The third kappa shape index (κ3) is 15.6. The van der Waals surface area contributed by atoms with E-state index in [4.69, 9.17) is 80.5 Å². The van der Waals surface area contributed by atoms with Gasteiger partial charge in [0.05, 0.1) is 26.4 Å². The van der Waals surface area contributed by atoms with Gasteiger partial charge in [0.15, 0.2) is 25.2 Å². The van der Waals surface area contributed by atoms with Crippen molar-refractivity contribution in [3.8, 4) is 0 Å². The molecule has 0 aliphatic carbocycles. The maximum atomic E-state index is 14.5. The van der Waals surface area contributed by atoms with E-state index < -0.39 is 172 Å². The highest BCUT2D eigenvalue weighted by Gasteiger charge is 2.58. The molecular formula is C20H40O35P6. The largest absolute Gasteiger partial charge is 0.488 e. The van der Waals surface area contributed by atoms with E-state index in [0.29, 0.717) is 0 Å². The fourth-order valence-corrected chi connectivity index (χ4v) is 9.97. The molecule has 16 atom stereocenters. The Kier molecular flexibility index (Phi) is 18.2. The van der Waals surface area contributed by atoms with Crippen LogP contribution in [0.2, 0.25) is 0 Å². The highest BCUT2D eigenvalue weighted by molar-refractivity contribution is 7.62. The van der Waals surface area contributed by atoms with Gasteiger partial charge in [-0.15, -0.1) is 0 Å². The highest BCUT2D eigenvalue weighted by Crippen LogP contribution is 2.69. The molecule has 16 N–H and O–H groups in total. The minimum atomic E-state index is -6.36. The molecule has 0 radical (unpaired) electrons. The molecular weight excluding hydrogens is 986 g/mol. The highest BCUT2D eigenvalue weighted by atomic mass is 31.3. The normalized spacial score (nSPS) is 39.0. The van der Waals surface area contributed by atoms with Crippen LogP contribution in [0.4, 0.5) is 0 Å². The van der Waals surface area contributed by atoms with Gasteiger partial charge in [-0.2, -0.15) is 4.31 Å². The van der Waals surface area contributed by atoms with Crippen LogP contribution in [-0.4, -0.2) is 205 Å². The van der Waals surface area contributed by atoms with Gasteiger partial charge in [0.25, 0.3) is 0 Å². The van der Waals surface area contributed by atoms with E-state index in [1.807, 2.05) is 0 Å². The molecule has 35 nitrogen and oxygen atoms in total. The van der Waals surface area contributed by atoms with E-state index in [1.165, 1.54) is 0 Å². The lowest BCUT2D eigenvalue weighted by Crippen LogP contribution is -2.37. The quantitative estimate of drug-likeness (QED) is 0.0448. The Morgan fingerprint density at radius 3 is 0.672 bits per heavy atom. The zero-order valence-corrected chi connectivity index (χ0v) is 35.0. The van der Waals surface area contributed by atoms with Crippen LogP contribution >= 0.6 is 46.9 Å². The van der Waals surface area contributed by atoms with E-state index >= 15 is 0 Å². The van der Waals surface area contributed by atoms with Crippen molar-refractivity contribution in [1.29, 1.82) is 0 Å². The average Bonchev–Trinajstić information content (AvgIpc) is 3.73. The van der Waals surface area contributed by atoms with Crippen LogP contribution in [0.3, 0.4) is 0 Å². The van der Waals surface area contributed by atoms with Gasteiger partial charge in [-0.3, -0.25) is 36.2 Å². The summed E-state index contributed by atoms with van der Waals surface area (Å²) in [7, 11) is -33.9. The van der Waals surface area contributed by atoms with Crippen molar-refractivity contribution in [2.24, 2.45) is 0 Å². The Bertz CT molecular complexity index is 1520. The van der Waals surface area contributed by atoms with Crippen LogP contribution in [0.25, 0.3) is 0 Å². The van der Waals surface area contributed by atoms with E-state index in [0.717, 1.165) is 0 Å². The molecule has 41 heteroatoms. The first-order valence-electron chi connectivity index (χ1n) is 16.2. The van der Waals surface area contributed by atoms with Crippen molar-refractivity contribution in [2.75, 3.05) is 26.4 Å². The number of phosphoric ester groups is 6. The zero-order chi connectivity index (χ0) is 46.3. The van der Waals surface area contributed by atoms with E-state index in [1.54, 1.807) is 0 Å². The fourth-order valence-electron chi connectivity index (χ4n) is 5.20. The van der Waals surface area contributed by atoms with Crippen molar-refractivity contribution < 1.29 is 167 Å². The van der Waals surface area contributed by atoms with Gasteiger partial charge in [-0.1, -0.05) is 0 Å². The van der Waals surface area contributed by atoms with Gasteiger partial charge >= 0.3 is 46.9 Å². The average molecular weight is 1030 g/mol. The van der Waals surface area contributed by atoms with Crippen molar-refractivity contribution >= 4 is 46.9 Å². The standard InChI is InChI=1S/C20H40O35P6/c21-9-5(1-43-56(29,30)31)47-17(13(9)25)51-60(41,52-18-14(26)10(22)6(48-18)2-44-57(32,33)34)55-61(42,53-19-15(27)11(23)7(49-19)3-45-58(35,36)37)54-20-16(28)12(24)8(50-20)4-46-59(38,39)40/h5-28H,1-4H2,(H2,29,30,31)(H2,32,33,34)(H2,35,36,37)(H2,38,39,40)/t5-,6-,7-,8-,9-,10-,11-,12-,13-,14-,15-,16-,17-,18-,19-,20-/m1/s1. The summed E-state index contributed by atoms with van der Waals surface area (Å²) >= 11 is 0. The van der Waals surface area contributed by atoms with Crippen LogP contribution in [0.15, 0.2) is 0 Å². The summed E-state index contributed by atoms with van der Waals surface area (Å²) in [6.45, 7) is -4.96. The lowest BCUT2D eigenvalue weighted by atomic mass is 10.1. The van der Waals surface area contributed by atoms with Crippen molar-refractivity contribution in [1.82, 2.24) is 0 Å². The summed E-state index contributed by atoms with van der Waals surface area (Å²) in [5.41, 5.74) is 0. The third-order valence-corrected chi connectivity index (χ3v) is 13.4. The summed E-state index contributed by atoms with van der Waals surface area (Å²) in [5.74, 6) is 0. The number of phosphoric acid groups is 6. The maximum Gasteiger partial charge on any atom is 0.488 e. The second kappa shape index (κ2) is 20.6. The van der Waals surface area contributed by atoms with E-state index in [2.05, 4.69) is 18.1 Å². The minimum absolute atomic E-state index is 1.24. The van der Waals surface area contributed by atoms with Crippen LogP contribution < -0.4 is 0 Å². The fraction of sp³-hybridized carbons (Fsp3) is 1.00. The number of ether oxygens (including phenoxy) is 4. The summed E-state index contributed by atoms with van der Waals surface area (Å²) < 4.78 is 136. The Labute approximate surface area is 338 Å². The van der Waals surface area contributed by atoms with Gasteiger partial charge in [-0.05, 0) is 0 Å². The Balaban J connectivity index is 1.72. The molecule has 61 heavy (non-hydrogen) atoms. The molecule has 4 fully saturated rings. The lowest BCUT2D eigenvalue weighted by molar-refractivity contribution is -0.169. The maximum absolute atomic E-state index is 14.5. The lowest BCUT2D eigenvalue weighted by Gasteiger charge is -2.30. The second-order valence-corrected chi connectivity index (χ2v) is 20.9. The summed E-state index contributed by atoms with van der Waals surface area (Å²) in [5, 5.41) is 84.0. The first kappa shape index (κ1) is 53.8. The van der Waals surface area contributed by atoms with Gasteiger partial charge in [0.2, 0.25) is 0 Å². The molecule has 4 saturated heterocycles. The zero-order valence-electron chi connectivity index (χ0n) is 29.7. The summed E-state index contributed by atoms with van der Waals surface area (Å²) in [6.07, 6.45) is -37.5. The van der Waals surface area contributed by atoms with Gasteiger partial charge in [-0.25, -0.2) is 27.4 Å². The SMILES string of the molecule is O=P(O)(O)OC[C@H]1O[C@H](OP(=O)(O[C@H]2O[C@H](COP(=O)(O)O)[C@@H](O)[C@H]2O)OP(=O)(O[C@H]2O[C@H](COP(=O)(O)O)[C@@H](O)[C@H]2O)O[C@H]2O[C@H](COP(=O)(O)O)[C@@H](O)[C@H]2O)[C@H](O)[C@@H]1O. The van der Waals surface area contributed by atoms with Gasteiger partial charge in [0.1, 0.15) is 73.2 Å². The van der Waals surface area contributed by atoms with E-state index in [-0.39, 0.29) is 0 Å². The number of aliphatic hydroxyl groups is 8. The van der Waals surface area contributed by atoms with Crippen molar-refractivity contribution in [3.63, 3.8) is 0 Å². The predicted molar refractivity (Wildman–Crippen MR) is 175 cm³/mol. The molecule has 0 aromatic carbocycles. The van der Waals surface area contributed by atoms with Crippen molar-refractivity contribution in [3.05, 3.63) is 0 Å². The topological polar surface area (TPSA) is 546 Å². The molecule has 0 unspecified atom stereocenters. The van der Waals surface area contributed by atoms with Gasteiger partial charge in [0, 0.05) is 0 Å². The summed E-state index contributed by atoms with van der Waals surface area (Å²) in [4.78, 5) is 72.2. The van der Waals surface area contributed by atoms with E-state index in [9.17, 15) is 68.2 Å². The molecule has 360 valence electrons. The Morgan fingerprint density at radius 2 is 0.508 bits per heavy atom. The Hall–Kier alpha value is 0.220. The Morgan fingerprint density at radius 1 is 0.328 bits per heavy atom. The molecule has 0 spiro atoms. The van der Waals surface area contributed by atoms with Crippen LogP contribution in [0.5, 0.6) is 0 Å². The number of rotatable bonds is 22. The van der Waals surface area contributed by atoms with Crippen LogP contribution in [0, 0.1) is 0 Å². The first-order valence-corrected chi connectivity index (χ1v) is 25.2. The molecule has 4 aliphatic rings. The first-order chi connectivity index (χ1) is 27.7. The molecule has 0 bridgehead atoms. The summed E-state index contributed by atoms with van der Waals surface area (Å²) in [6, 6.07) is 0. The second-order valence-electron chi connectivity index (χ2n) is 12.6. The molecule has 4 aliphatic heterocycles. The van der Waals surface area contributed by atoms with Crippen LogP contribution in [0.1, 0.15) is 0 Å². The van der Waals surface area contributed by atoms with Crippen molar-refractivity contribution in [2.45, 2.75) is 98.4 Å². The monoisotopic (exact) mass is 1030 g/mol. The third-order valence-electron chi connectivity index (χ3n) is 8.03. The number of hydrogen-bond donors (Lipinski definition) is 16. The number of hydrogen-bond acceptors (Lipinski definition) is 27. The molecule has 4 rings (SSSR count). The predicted octanol–water partition coefficient (Wildman–Crippen LogP) is -6.49. The molecule has 0 aromatic rings. The van der Waals surface area contributed by atoms with Crippen LogP contribution in [-0.2, 0) is 86.8 Å².